The van der Waals surface area contributed by atoms with Crippen LogP contribution in [-0.4, -0.2) is 34.2 Å². The highest BCUT2D eigenvalue weighted by molar-refractivity contribution is 7.98. The maximum Gasteiger partial charge on any atom is 0.264 e. The largest absolute Gasteiger partial charge is 0.497 e. The van der Waals surface area contributed by atoms with Crippen molar-refractivity contribution in [1.82, 2.24) is 5.32 Å². The maximum absolute atomic E-state index is 13.6. The quantitative estimate of drug-likeness (QED) is 0.390. The zero-order valence-corrected chi connectivity index (χ0v) is 21.4. The number of methoxy groups -OCH3 is 1. The molecule has 34 heavy (non-hydrogen) atoms. The highest BCUT2D eigenvalue weighted by atomic mass is 32.2. The summed E-state index contributed by atoms with van der Waals surface area (Å²) in [5.74, 6) is 0.349. The second kappa shape index (κ2) is 11.4. The predicted molar refractivity (Wildman–Crippen MR) is 138 cm³/mol. The Morgan fingerprint density at radius 3 is 2.15 bits per heavy atom. The van der Waals surface area contributed by atoms with Gasteiger partial charge in [-0.3, -0.25) is 9.10 Å². The molecule has 180 valence electrons. The summed E-state index contributed by atoms with van der Waals surface area (Å²) in [4.78, 5) is 14.2. The summed E-state index contributed by atoms with van der Waals surface area (Å²) in [5, 5.41) is 2.98. The van der Waals surface area contributed by atoms with E-state index in [0.29, 0.717) is 12.1 Å². The summed E-state index contributed by atoms with van der Waals surface area (Å²) >= 11 is 1.53. The number of nitrogens with one attached hydrogen (secondary N) is 1. The molecule has 0 fully saturated rings. The van der Waals surface area contributed by atoms with Crippen molar-refractivity contribution in [3.63, 3.8) is 0 Å². The van der Waals surface area contributed by atoms with Gasteiger partial charge < -0.3 is 10.1 Å². The van der Waals surface area contributed by atoms with Crippen LogP contribution in [0.1, 0.15) is 30.5 Å². The molecule has 0 aliphatic rings. The number of benzene rings is 3. The SMILES string of the molecule is CCC(NC(=O)CN(c1ccc(C)cc1)S(=O)(=O)c1ccc(SC)cc1)c1ccc(OC)cc1. The third-order valence-corrected chi connectivity index (χ3v) is 8.05. The fourth-order valence-corrected chi connectivity index (χ4v) is 5.36. The predicted octanol–water partition coefficient (Wildman–Crippen LogP) is 5.19. The standard InChI is InChI=1S/C26H30N2O4S2/c1-5-25(20-8-12-22(32-3)13-9-20)27-26(29)18-28(21-10-6-19(2)7-11-21)34(30,31)24-16-14-23(33-4)15-17-24/h6-17,25H,5,18H2,1-4H3,(H,27,29). The van der Waals surface area contributed by atoms with Gasteiger partial charge in [0.05, 0.1) is 23.7 Å². The molecule has 1 N–H and O–H groups in total. The smallest absolute Gasteiger partial charge is 0.264 e. The van der Waals surface area contributed by atoms with Gasteiger partial charge in [-0.15, -0.1) is 11.8 Å². The monoisotopic (exact) mass is 498 g/mol. The number of amides is 1. The van der Waals surface area contributed by atoms with Crippen LogP contribution in [0.15, 0.2) is 82.6 Å². The lowest BCUT2D eigenvalue weighted by Gasteiger charge is -2.26. The molecule has 1 atom stereocenters. The van der Waals surface area contributed by atoms with Gasteiger partial charge in [0.25, 0.3) is 10.0 Å². The molecule has 1 unspecified atom stereocenters. The van der Waals surface area contributed by atoms with Crippen LogP contribution in [0.25, 0.3) is 0 Å². The van der Waals surface area contributed by atoms with Gasteiger partial charge in [-0.1, -0.05) is 36.8 Å². The molecule has 8 heteroatoms. The van der Waals surface area contributed by atoms with Crippen LogP contribution in [0.3, 0.4) is 0 Å². The number of hydrogen-bond donors (Lipinski definition) is 1. The first kappa shape index (κ1) is 25.6. The van der Waals surface area contributed by atoms with Crippen molar-refractivity contribution in [1.29, 1.82) is 0 Å². The summed E-state index contributed by atoms with van der Waals surface area (Å²) in [6, 6.07) is 21.0. The van der Waals surface area contributed by atoms with E-state index in [-0.39, 0.29) is 23.4 Å². The molecule has 0 spiro atoms. The van der Waals surface area contributed by atoms with Crippen LogP contribution in [0.2, 0.25) is 0 Å². The van der Waals surface area contributed by atoms with E-state index in [0.717, 1.165) is 26.1 Å². The van der Waals surface area contributed by atoms with Gasteiger partial charge in [-0.2, -0.15) is 0 Å². The number of rotatable bonds is 10. The van der Waals surface area contributed by atoms with Crippen LogP contribution in [-0.2, 0) is 14.8 Å². The summed E-state index contributed by atoms with van der Waals surface area (Å²) in [7, 11) is -2.36. The summed E-state index contributed by atoms with van der Waals surface area (Å²) in [6.07, 6.45) is 2.59. The van der Waals surface area contributed by atoms with E-state index < -0.39 is 10.0 Å². The maximum atomic E-state index is 13.6. The minimum Gasteiger partial charge on any atom is -0.497 e. The Kier molecular flexibility index (Phi) is 8.63. The molecule has 3 aromatic carbocycles. The average molecular weight is 499 g/mol. The van der Waals surface area contributed by atoms with Crippen molar-refractivity contribution < 1.29 is 17.9 Å². The molecule has 0 heterocycles. The van der Waals surface area contributed by atoms with Gasteiger partial charge in [0.1, 0.15) is 12.3 Å². The van der Waals surface area contributed by atoms with Crippen molar-refractivity contribution in [2.45, 2.75) is 36.1 Å². The Labute approximate surface area is 206 Å². The molecule has 0 bridgehead atoms. The van der Waals surface area contributed by atoms with Crippen LogP contribution in [0, 0.1) is 6.92 Å². The lowest BCUT2D eigenvalue weighted by atomic mass is 10.0. The zero-order valence-electron chi connectivity index (χ0n) is 19.8. The number of sulfonamides is 1. The molecule has 0 aromatic heterocycles. The van der Waals surface area contributed by atoms with Crippen molar-refractivity contribution in [2.24, 2.45) is 0 Å². The number of hydrogen-bond acceptors (Lipinski definition) is 5. The van der Waals surface area contributed by atoms with Crippen LogP contribution in [0.5, 0.6) is 5.75 Å². The number of thioether (sulfide) groups is 1. The van der Waals surface area contributed by atoms with Gasteiger partial charge >= 0.3 is 0 Å². The minimum atomic E-state index is -3.96. The first-order valence-electron chi connectivity index (χ1n) is 10.9. The normalized spacial score (nSPS) is 12.1. The van der Waals surface area contributed by atoms with Crippen molar-refractivity contribution in [3.05, 3.63) is 83.9 Å². The fourth-order valence-electron chi connectivity index (χ4n) is 3.53. The lowest BCUT2D eigenvalue weighted by Crippen LogP contribution is -2.42. The fraction of sp³-hybridized carbons (Fsp3) is 0.269. The Hall–Kier alpha value is -2.97. The summed E-state index contributed by atoms with van der Waals surface area (Å²) in [6.45, 7) is 3.57. The van der Waals surface area contributed by atoms with Crippen LogP contribution < -0.4 is 14.4 Å². The van der Waals surface area contributed by atoms with Gasteiger partial charge in [0.15, 0.2) is 0 Å². The second-order valence-corrected chi connectivity index (χ2v) is 10.6. The molecule has 0 aliphatic heterocycles. The molecular weight excluding hydrogens is 468 g/mol. The van der Waals surface area contributed by atoms with E-state index >= 15 is 0 Å². The number of anilines is 1. The third-order valence-electron chi connectivity index (χ3n) is 5.52. The van der Waals surface area contributed by atoms with E-state index in [1.54, 1.807) is 43.5 Å². The molecule has 3 rings (SSSR count). The zero-order chi connectivity index (χ0) is 24.7. The number of carbonyl (C=O) groups excluding carboxylic acids is 1. The molecule has 0 saturated heterocycles. The number of nitrogens with zero attached hydrogens (tertiary/aromatic N) is 1. The molecule has 0 radical (unpaired) electrons. The van der Waals surface area contributed by atoms with Gasteiger partial charge in [-0.25, -0.2) is 8.42 Å². The third kappa shape index (κ3) is 6.12. The van der Waals surface area contributed by atoms with Gasteiger partial charge in [0, 0.05) is 4.90 Å². The van der Waals surface area contributed by atoms with Crippen LogP contribution in [0.4, 0.5) is 5.69 Å². The molecular formula is C26H30N2O4S2. The van der Waals surface area contributed by atoms with Crippen molar-refractivity contribution >= 4 is 33.4 Å². The van der Waals surface area contributed by atoms with Gasteiger partial charge in [-0.05, 0) is 73.7 Å². The summed E-state index contributed by atoms with van der Waals surface area (Å²) < 4.78 is 33.5. The molecule has 1 amide bonds. The highest BCUT2D eigenvalue weighted by Gasteiger charge is 2.28. The number of carbonyl (C=O) groups is 1. The Bertz CT molecular complexity index is 1190. The molecule has 3 aromatic rings. The van der Waals surface area contributed by atoms with Crippen LogP contribution >= 0.6 is 11.8 Å². The minimum absolute atomic E-state index is 0.140. The van der Waals surface area contributed by atoms with E-state index in [1.165, 1.54) is 11.8 Å². The van der Waals surface area contributed by atoms with Crippen molar-refractivity contribution in [2.75, 3.05) is 24.2 Å². The van der Waals surface area contributed by atoms with E-state index in [4.69, 9.17) is 4.74 Å². The van der Waals surface area contributed by atoms with Crippen molar-refractivity contribution in [3.8, 4) is 5.75 Å². The topological polar surface area (TPSA) is 75.7 Å². The van der Waals surface area contributed by atoms with E-state index in [1.807, 2.05) is 56.5 Å². The van der Waals surface area contributed by atoms with E-state index in [9.17, 15) is 13.2 Å². The Morgan fingerprint density at radius 2 is 1.62 bits per heavy atom. The molecule has 6 nitrogen and oxygen atoms in total. The Morgan fingerprint density at radius 1 is 1.00 bits per heavy atom. The highest BCUT2D eigenvalue weighted by Crippen LogP contribution is 2.26. The number of aryl methyl sites for hydroxylation is 1. The average Bonchev–Trinajstić information content (AvgIpc) is 2.86. The summed E-state index contributed by atoms with van der Waals surface area (Å²) in [5.41, 5.74) is 2.36. The first-order chi connectivity index (χ1) is 16.3. The second-order valence-electron chi connectivity index (χ2n) is 7.82. The number of ether oxygens (including phenoxy) is 1. The molecule has 0 saturated carbocycles. The molecule has 0 aliphatic carbocycles. The van der Waals surface area contributed by atoms with Gasteiger partial charge in [0.2, 0.25) is 5.91 Å². The van der Waals surface area contributed by atoms with E-state index in [2.05, 4.69) is 5.32 Å². The lowest BCUT2D eigenvalue weighted by molar-refractivity contribution is -0.120. The Balaban J connectivity index is 1.88. The first-order valence-corrected chi connectivity index (χ1v) is 13.6.